The molecule has 74 valence electrons. The number of rotatable bonds is 3. The summed E-state index contributed by atoms with van der Waals surface area (Å²) >= 11 is 0. The molecule has 1 N–H and O–H groups in total. The van der Waals surface area contributed by atoms with Crippen LogP contribution in [0.1, 0.15) is 24.0 Å². The van der Waals surface area contributed by atoms with Crippen LogP contribution >= 0.6 is 0 Å². The molecule has 0 aromatic heterocycles. The van der Waals surface area contributed by atoms with Crippen molar-refractivity contribution in [2.75, 3.05) is 6.61 Å². The lowest BCUT2D eigenvalue weighted by atomic mass is 10.1. The Morgan fingerprint density at radius 3 is 3.14 bits per heavy atom. The van der Waals surface area contributed by atoms with Crippen LogP contribution in [0.25, 0.3) is 0 Å². The molecule has 3 rings (SSSR count). The molecule has 2 heteroatoms. The molecule has 0 bridgehead atoms. The van der Waals surface area contributed by atoms with Gasteiger partial charge in [0.05, 0.1) is 6.61 Å². The minimum absolute atomic E-state index is 0.791. The molecule has 0 spiro atoms. The second-order valence-corrected chi connectivity index (χ2v) is 4.20. The summed E-state index contributed by atoms with van der Waals surface area (Å²) in [7, 11) is 0. The largest absolute Gasteiger partial charge is 0.493 e. The predicted octanol–water partition coefficient (Wildman–Crippen LogP) is 1.87. The van der Waals surface area contributed by atoms with Gasteiger partial charge in [-0.25, -0.2) is 0 Å². The Balaban J connectivity index is 1.71. The Bertz CT molecular complexity index is 344. The summed E-state index contributed by atoms with van der Waals surface area (Å²) in [6.07, 6.45) is 3.79. The van der Waals surface area contributed by atoms with Crippen molar-refractivity contribution in [1.29, 1.82) is 0 Å². The molecule has 14 heavy (non-hydrogen) atoms. The minimum atomic E-state index is 0.791. The highest BCUT2D eigenvalue weighted by Crippen LogP contribution is 2.26. The Morgan fingerprint density at radius 1 is 1.36 bits per heavy atom. The standard InChI is InChI=1S/C12H15NO/c1-4-12-10(5-6-14-12)7-9(1)8-13-11-2-3-11/h1,4,7,11,13H,2-3,5-6,8H2. The average Bonchev–Trinajstić information content (AvgIpc) is 2.92. The normalized spacial score (nSPS) is 19.1. The van der Waals surface area contributed by atoms with Crippen LogP contribution in [0, 0.1) is 0 Å². The second-order valence-electron chi connectivity index (χ2n) is 4.20. The molecule has 1 saturated carbocycles. The van der Waals surface area contributed by atoms with E-state index in [-0.39, 0.29) is 0 Å². The van der Waals surface area contributed by atoms with Crippen molar-refractivity contribution in [2.24, 2.45) is 0 Å². The molecule has 1 heterocycles. The van der Waals surface area contributed by atoms with E-state index in [0.717, 1.165) is 31.4 Å². The Kier molecular flexibility index (Phi) is 1.95. The summed E-state index contributed by atoms with van der Waals surface area (Å²) < 4.78 is 5.47. The molecule has 0 atom stereocenters. The van der Waals surface area contributed by atoms with Crippen LogP contribution in [-0.4, -0.2) is 12.6 Å². The fourth-order valence-electron chi connectivity index (χ4n) is 1.90. The first kappa shape index (κ1) is 8.30. The van der Waals surface area contributed by atoms with Gasteiger partial charge >= 0.3 is 0 Å². The molecular formula is C12H15NO. The smallest absolute Gasteiger partial charge is 0.122 e. The zero-order chi connectivity index (χ0) is 9.38. The van der Waals surface area contributed by atoms with Crippen LogP contribution < -0.4 is 10.1 Å². The zero-order valence-electron chi connectivity index (χ0n) is 8.25. The summed E-state index contributed by atoms with van der Waals surface area (Å²) in [5.74, 6) is 1.08. The lowest BCUT2D eigenvalue weighted by Gasteiger charge is -2.04. The fourth-order valence-corrected chi connectivity index (χ4v) is 1.90. The van der Waals surface area contributed by atoms with Gasteiger partial charge in [-0.3, -0.25) is 0 Å². The summed E-state index contributed by atoms with van der Waals surface area (Å²) in [5, 5.41) is 3.52. The van der Waals surface area contributed by atoms with E-state index in [1.165, 1.54) is 24.0 Å². The third-order valence-electron chi connectivity index (χ3n) is 2.93. The van der Waals surface area contributed by atoms with Gasteiger partial charge in [0.2, 0.25) is 0 Å². The van der Waals surface area contributed by atoms with E-state index < -0.39 is 0 Å². The highest BCUT2D eigenvalue weighted by molar-refractivity contribution is 5.39. The highest BCUT2D eigenvalue weighted by atomic mass is 16.5. The van der Waals surface area contributed by atoms with Crippen LogP contribution in [0.5, 0.6) is 5.75 Å². The lowest BCUT2D eigenvalue weighted by Crippen LogP contribution is -2.15. The summed E-state index contributed by atoms with van der Waals surface area (Å²) in [5.41, 5.74) is 2.77. The summed E-state index contributed by atoms with van der Waals surface area (Å²) in [4.78, 5) is 0. The maximum atomic E-state index is 5.47. The lowest BCUT2D eigenvalue weighted by molar-refractivity contribution is 0.357. The first-order valence-corrected chi connectivity index (χ1v) is 5.40. The molecule has 0 amide bonds. The number of ether oxygens (including phenoxy) is 1. The monoisotopic (exact) mass is 189 g/mol. The van der Waals surface area contributed by atoms with Crippen molar-refractivity contribution in [1.82, 2.24) is 5.32 Å². The minimum Gasteiger partial charge on any atom is -0.493 e. The van der Waals surface area contributed by atoms with Crippen molar-refractivity contribution in [3.63, 3.8) is 0 Å². The van der Waals surface area contributed by atoms with Gasteiger partial charge in [-0.2, -0.15) is 0 Å². The van der Waals surface area contributed by atoms with Crippen molar-refractivity contribution in [2.45, 2.75) is 31.8 Å². The van der Waals surface area contributed by atoms with Crippen molar-refractivity contribution >= 4 is 0 Å². The van der Waals surface area contributed by atoms with Gasteiger partial charge in [-0.15, -0.1) is 0 Å². The van der Waals surface area contributed by atoms with E-state index in [1.807, 2.05) is 0 Å². The Morgan fingerprint density at radius 2 is 2.29 bits per heavy atom. The number of nitrogens with one attached hydrogen (secondary N) is 1. The molecule has 1 aliphatic heterocycles. The Labute approximate surface area is 84.3 Å². The topological polar surface area (TPSA) is 21.3 Å². The quantitative estimate of drug-likeness (QED) is 0.783. The van der Waals surface area contributed by atoms with Crippen LogP contribution in [0.3, 0.4) is 0 Å². The third kappa shape index (κ3) is 1.62. The maximum Gasteiger partial charge on any atom is 0.122 e. The van der Waals surface area contributed by atoms with E-state index in [0.29, 0.717) is 0 Å². The van der Waals surface area contributed by atoms with Gasteiger partial charge in [0, 0.05) is 19.0 Å². The van der Waals surface area contributed by atoms with E-state index in [4.69, 9.17) is 4.74 Å². The van der Waals surface area contributed by atoms with Crippen molar-refractivity contribution in [3.8, 4) is 5.75 Å². The third-order valence-corrected chi connectivity index (χ3v) is 2.93. The molecule has 0 saturated heterocycles. The van der Waals surface area contributed by atoms with E-state index in [1.54, 1.807) is 0 Å². The zero-order valence-corrected chi connectivity index (χ0v) is 8.25. The molecule has 0 radical (unpaired) electrons. The van der Waals surface area contributed by atoms with Gasteiger partial charge in [0.1, 0.15) is 5.75 Å². The summed E-state index contributed by atoms with van der Waals surface area (Å²) in [6.45, 7) is 1.87. The molecule has 1 fully saturated rings. The van der Waals surface area contributed by atoms with Crippen LogP contribution in [0.15, 0.2) is 18.2 Å². The van der Waals surface area contributed by atoms with Gasteiger partial charge in [0.15, 0.2) is 0 Å². The molecular weight excluding hydrogens is 174 g/mol. The second kappa shape index (κ2) is 3.28. The van der Waals surface area contributed by atoms with E-state index in [9.17, 15) is 0 Å². The SMILES string of the molecule is c1cc2c(cc1CNC1CC1)CCO2. The average molecular weight is 189 g/mol. The van der Waals surface area contributed by atoms with E-state index in [2.05, 4.69) is 23.5 Å². The first-order valence-electron chi connectivity index (χ1n) is 5.40. The highest BCUT2D eigenvalue weighted by Gasteiger charge is 2.20. The molecule has 1 aromatic carbocycles. The number of fused-ring (bicyclic) bond motifs is 1. The fraction of sp³-hybridized carbons (Fsp3) is 0.500. The summed E-state index contributed by atoms with van der Waals surface area (Å²) in [6, 6.07) is 7.34. The van der Waals surface area contributed by atoms with Gasteiger partial charge < -0.3 is 10.1 Å². The molecule has 2 aliphatic rings. The van der Waals surface area contributed by atoms with Crippen LogP contribution in [-0.2, 0) is 13.0 Å². The molecule has 0 unspecified atom stereocenters. The van der Waals surface area contributed by atoms with E-state index >= 15 is 0 Å². The van der Waals surface area contributed by atoms with Gasteiger partial charge in [0.25, 0.3) is 0 Å². The van der Waals surface area contributed by atoms with Crippen molar-refractivity contribution < 1.29 is 4.74 Å². The number of benzene rings is 1. The van der Waals surface area contributed by atoms with Crippen LogP contribution in [0.4, 0.5) is 0 Å². The first-order chi connectivity index (χ1) is 6.92. The van der Waals surface area contributed by atoms with Gasteiger partial charge in [-0.05, 0) is 30.0 Å². The van der Waals surface area contributed by atoms with Crippen molar-refractivity contribution in [3.05, 3.63) is 29.3 Å². The number of hydrogen-bond donors (Lipinski definition) is 1. The van der Waals surface area contributed by atoms with Crippen LogP contribution in [0.2, 0.25) is 0 Å². The maximum absolute atomic E-state index is 5.47. The molecule has 1 aliphatic carbocycles. The predicted molar refractivity (Wildman–Crippen MR) is 55.5 cm³/mol. The molecule has 1 aromatic rings. The Hall–Kier alpha value is -1.02. The molecule has 2 nitrogen and oxygen atoms in total. The number of hydrogen-bond acceptors (Lipinski definition) is 2. The van der Waals surface area contributed by atoms with Gasteiger partial charge in [-0.1, -0.05) is 12.1 Å².